The quantitative estimate of drug-likeness (QED) is 0.407. The van der Waals surface area contributed by atoms with Gasteiger partial charge < -0.3 is 29.9 Å². The molecule has 0 aromatic rings. The van der Waals surface area contributed by atoms with Gasteiger partial charge in [0.05, 0.1) is 6.61 Å². The van der Waals surface area contributed by atoms with Crippen LogP contribution in [0.4, 0.5) is 0 Å². The average Bonchev–Trinajstić information content (AvgIpc) is 2.53. The summed E-state index contributed by atoms with van der Waals surface area (Å²) in [7, 11) is 0. The Morgan fingerprint density at radius 3 is 2.36 bits per heavy atom. The minimum atomic E-state index is -1.37. The zero-order chi connectivity index (χ0) is 16.4. The Morgan fingerprint density at radius 1 is 0.955 bits per heavy atom. The predicted molar refractivity (Wildman–Crippen MR) is 85.8 cm³/mol. The van der Waals surface area contributed by atoms with Crippen LogP contribution in [-0.4, -0.2) is 75.9 Å². The number of aliphatic hydroxyl groups excluding tert-OH is 4. The van der Waals surface area contributed by atoms with Crippen LogP contribution in [0, 0.1) is 0 Å². The van der Waals surface area contributed by atoms with Gasteiger partial charge in [-0.25, -0.2) is 0 Å². The third kappa shape index (κ3) is 6.70. The molecule has 0 aromatic heterocycles. The van der Waals surface area contributed by atoms with Crippen molar-refractivity contribution in [3.63, 3.8) is 0 Å². The van der Waals surface area contributed by atoms with Gasteiger partial charge in [0.25, 0.3) is 0 Å². The maximum absolute atomic E-state index is 9.80. The highest BCUT2D eigenvalue weighted by molar-refractivity contribution is 7.99. The molecule has 7 heteroatoms. The van der Waals surface area contributed by atoms with Crippen molar-refractivity contribution in [2.24, 2.45) is 0 Å². The van der Waals surface area contributed by atoms with Gasteiger partial charge in [-0.05, 0) is 30.8 Å². The van der Waals surface area contributed by atoms with Crippen molar-refractivity contribution in [2.75, 3.05) is 24.7 Å². The smallest absolute Gasteiger partial charge is 0.186 e. The number of unbranched alkanes of at least 4 members (excludes halogenated alkanes) is 3. The lowest BCUT2D eigenvalue weighted by molar-refractivity contribution is -0.301. The Kier molecular flexibility index (Phi) is 10.6. The van der Waals surface area contributed by atoms with Crippen LogP contribution in [0.3, 0.4) is 0 Å². The number of rotatable bonds is 11. The van der Waals surface area contributed by atoms with Gasteiger partial charge in [0.15, 0.2) is 6.29 Å². The van der Waals surface area contributed by atoms with E-state index in [1.54, 1.807) is 0 Å². The Hall–Kier alpha value is 0.110. The van der Waals surface area contributed by atoms with Gasteiger partial charge in [-0.2, -0.15) is 11.8 Å². The van der Waals surface area contributed by atoms with Gasteiger partial charge in [-0.15, -0.1) is 0 Å². The predicted octanol–water partition coefficient (Wildman–Crippen LogP) is 0.506. The topological polar surface area (TPSA) is 99.4 Å². The summed E-state index contributed by atoms with van der Waals surface area (Å²) in [4.78, 5) is 0. The van der Waals surface area contributed by atoms with Crippen molar-refractivity contribution in [1.82, 2.24) is 0 Å². The van der Waals surface area contributed by atoms with Crippen LogP contribution >= 0.6 is 11.8 Å². The van der Waals surface area contributed by atoms with Crippen molar-refractivity contribution < 1.29 is 29.9 Å². The van der Waals surface area contributed by atoms with E-state index in [0.717, 1.165) is 25.0 Å². The lowest BCUT2D eigenvalue weighted by Crippen LogP contribution is -2.59. The first-order valence-electron chi connectivity index (χ1n) is 8.11. The Labute approximate surface area is 136 Å². The van der Waals surface area contributed by atoms with Crippen LogP contribution in [0.25, 0.3) is 0 Å². The number of ether oxygens (including phenoxy) is 2. The van der Waals surface area contributed by atoms with E-state index in [1.165, 1.54) is 18.6 Å². The molecule has 0 radical (unpaired) electrons. The van der Waals surface area contributed by atoms with E-state index in [2.05, 4.69) is 6.92 Å². The molecule has 1 saturated heterocycles. The Balaban J connectivity index is 2.11. The summed E-state index contributed by atoms with van der Waals surface area (Å²) < 4.78 is 10.7. The van der Waals surface area contributed by atoms with Gasteiger partial charge in [-0.1, -0.05) is 19.8 Å². The molecule has 0 bridgehead atoms. The third-order valence-electron chi connectivity index (χ3n) is 3.71. The molecule has 0 aromatic carbocycles. The largest absolute Gasteiger partial charge is 0.394 e. The molecule has 0 spiro atoms. The lowest BCUT2D eigenvalue weighted by Gasteiger charge is -2.39. The molecule has 0 aliphatic carbocycles. The van der Waals surface area contributed by atoms with Gasteiger partial charge in [0.2, 0.25) is 0 Å². The maximum Gasteiger partial charge on any atom is 0.186 e. The van der Waals surface area contributed by atoms with Crippen molar-refractivity contribution in [3.8, 4) is 0 Å². The zero-order valence-electron chi connectivity index (χ0n) is 13.3. The summed E-state index contributed by atoms with van der Waals surface area (Å²) in [5.41, 5.74) is 0. The SMILES string of the molecule is CCCCSCCCCCO[C@@H]1O[C@H](CO)[C@@H](O)[C@H](O)[C@H]1O. The summed E-state index contributed by atoms with van der Waals surface area (Å²) >= 11 is 1.97. The van der Waals surface area contributed by atoms with Crippen LogP contribution in [0.5, 0.6) is 0 Å². The highest BCUT2D eigenvalue weighted by Gasteiger charge is 2.43. The Bertz CT molecular complexity index is 279. The summed E-state index contributed by atoms with van der Waals surface area (Å²) in [6.07, 6.45) is -0.391. The van der Waals surface area contributed by atoms with E-state index in [4.69, 9.17) is 14.6 Å². The molecule has 22 heavy (non-hydrogen) atoms. The van der Waals surface area contributed by atoms with Crippen LogP contribution in [0.1, 0.15) is 39.0 Å². The van der Waals surface area contributed by atoms with E-state index < -0.39 is 37.3 Å². The first kappa shape index (κ1) is 20.2. The van der Waals surface area contributed by atoms with Crippen molar-refractivity contribution in [2.45, 2.75) is 69.7 Å². The van der Waals surface area contributed by atoms with Crippen molar-refractivity contribution in [1.29, 1.82) is 0 Å². The third-order valence-corrected chi connectivity index (χ3v) is 4.86. The fourth-order valence-electron chi connectivity index (χ4n) is 2.24. The van der Waals surface area contributed by atoms with Crippen LogP contribution in [0.15, 0.2) is 0 Å². The maximum atomic E-state index is 9.80. The molecule has 1 aliphatic rings. The number of aliphatic hydroxyl groups is 4. The molecule has 0 unspecified atom stereocenters. The van der Waals surface area contributed by atoms with E-state index in [-0.39, 0.29) is 0 Å². The molecule has 1 fully saturated rings. The molecule has 1 rings (SSSR count). The van der Waals surface area contributed by atoms with Gasteiger partial charge in [-0.3, -0.25) is 0 Å². The molecule has 1 aliphatic heterocycles. The second-order valence-electron chi connectivity index (χ2n) is 5.59. The first-order chi connectivity index (χ1) is 10.6. The van der Waals surface area contributed by atoms with Crippen LogP contribution in [-0.2, 0) is 9.47 Å². The summed E-state index contributed by atoms with van der Waals surface area (Å²) in [5, 5.41) is 38.2. The van der Waals surface area contributed by atoms with Crippen LogP contribution < -0.4 is 0 Å². The molecule has 4 N–H and O–H groups in total. The molecule has 1 heterocycles. The van der Waals surface area contributed by atoms with E-state index in [1.807, 2.05) is 11.8 Å². The standard InChI is InChI=1S/C15H30O6S/c1-2-3-8-22-9-6-4-5-7-20-15-14(19)13(18)12(17)11(10-16)21-15/h11-19H,2-10H2,1H3/t11-,12-,13+,14-,15-/m1/s1. The zero-order valence-corrected chi connectivity index (χ0v) is 14.1. The molecule has 132 valence electrons. The fraction of sp³-hybridized carbons (Fsp3) is 1.00. The number of thioether (sulfide) groups is 1. The normalized spacial score (nSPS) is 32.3. The van der Waals surface area contributed by atoms with Gasteiger partial charge in [0, 0.05) is 6.61 Å². The van der Waals surface area contributed by atoms with Gasteiger partial charge in [0.1, 0.15) is 24.4 Å². The Morgan fingerprint density at radius 2 is 1.68 bits per heavy atom. The van der Waals surface area contributed by atoms with Crippen LogP contribution in [0.2, 0.25) is 0 Å². The lowest BCUT2D eigenvalue weighted by atomic mass is 9.99. The highest BCUT2D eigenvalue weighted by atomic mass is 32.2. The van der Waals surface area contributed by atoms with Crippen molar-refractivity contribution >= 4 is 11.8 Å². The molecule has 6 nitrogen and oxygen atoms in total. The van der Waals surface area contributed by atoms with Crippen molar-refractivity contribution in [3.05, 3.63) is 0 Å². The summed E-state index contributed by atoms with van der Waals surface area (Å²) in [5.74, 6) is 2.37. The van der Waals surface area contributed by atoms with Gasteiger partial charge >= 0.3 is 0 Å². The summed E-state index contributed by atoms with van der Waals surface area (Å²) in [6, 6.07) is 0. The second-order valence-corrected chi connectivity index (χ2v) is 6.82. The van der Waals surface area contributed by atoms with E-state index >= 15 is 0 Å². The molecular weight excluding hydrogens is 308 g/mol. The monoisotopic (exact) mass is 338 g/mol. The molecule has 0 saturated carbocycles. The van der Waals surface area contributed by atoms with E-state index in [9.17, 15) is 15.3 Å². The minimum Gasteiger partial charge on any atom is -0.394 e. The molecule has 5 atom stereocenters. The molecule has 0 amide bonds. The fourth-order valence-corrected chi connectivity index (χ4v) is 3.34. The molecular formula is C15H30O6S. The highest BCUT2D eigenvalue weighted by Crippen LogP contribution is 2.22. The summed E-state index contributed by atoms with van der Waals surface area (Å²) in [6.45, 7) is 2.18. The first-order valence-corrected chi connectivity index (χ1v) is 9.27. The number of hydrogen-bond acceptors (Lipinski definition) is 7. The average molecular weight is 338 g/mol. The minimum absolute atomic E-state index is 0.419. The van der Waals surface area contributed by atoms with E-state index in [0.29, 0.717) is 6.61 Å². The second kappa shape index (κ2) is 11.6. The number of hydrogen-bond donors (Lipinski definition) is 4.